The summed E-state index contributed by atoms with van der Waals surface area (Å²) >= 11 is 1.79. The highest BCUT2D eigenvalue weighted by Crippen LogP contribution is 2.28. The van der Waals surface area contributed by atoms with Gasteiger partial charge < -0.3 is 15.5 Å². The highest BCUT2D eigenvalue weighted by Gasteiger charge is 2.33. The van der Waals surface area contributed by atoms with Gasteiger partial charge in [0, 0.05) is 30.6 Å². The van der Waals surface area contributed by atoms with Gasteiger partial charge in [0.25, 0.3) is 0 Å². The minimum absolute atomic E-state index is 0. The van der Waals surface area contributed by atoms with E-state index in [4.69, 9.17) is 0 Å². The lowest BCUT2D eigenvalue weighted by atomic mass is 10.1. The van der Waals surface area contributed by atoms with Gasteiger partial charge >= 0.3 is 0 Å². The summed E-state index contributed by atoms with van der Waals surface area (Å²) in [6.45, 7) is 6.83. The summed E-state index contributed by atoms with van der Waals surface area (Å²) in [6.07, 6.45) is 2.16. The molecule has 0 aromatic carbocycles. The molecule has 1 aliphatic heterocycles. The van der Waals surface area contributed by atoms with Crippen molar-refractivity contribution in [2.75, 3.05) is 19.6 Å². The third-order valence-electron chi connectivity index (χ3n) is 4.31. The summed E-state index contributed by atoms with van der Waals surface area (Å²) < 4.78 is 0. The Bertz CT molecular complexity index is 574. The Morgan fingerprint density at radius 2 is 2.30 bits per heavy atom. The van der Waals surface area contributed by atoms with Gasteiger partial charge in [-0.1, -0.05) is 6.92 Å². The van der Waals surface area contributed by atoms with Crippen LogP contribution in [0.3, 0.4) is 0 Å². The average Bonchev–Trinajstić information content (AvgIpc) is 3.02. The van der Waals surface area contributed by atoms with E-state index >= 15 is 0 Å². The first kappa shape index (κ1) is 18.5. The number of thiophene rings is 1. The summed E-state index contributed by atoms with van der Waals surface area (Å²) in [7, 11) is 0. The molecule has 2 unspecified atom stereocenters. The summed E-state index contributed by atoms with van der Waals surface area (Å²) in [6, 6.07) is 2.64. The Morgan fingerprint density at radius 3 is 3.00 bits per heavy atom. The van der Waals surface area contributed by atoms with Crippen molar-refractivity contribution in [3.8, 4) is 0 Å². The fourth-order valence-corrected chi connectivity index (χ4v) is 3.62. The van der Waals surface area contributed by atoms with Crippen molar-refractivity contribution in [1.82, 2.24) is 15.5 Å². The van der Waals surface area contributed by atoms with Crippen LogP contribution in [0, 0.1) is 5.92 Å². The second-order valence-electron chi connectivity index (χ2n) is 6.09. The number of fused-ring (bicyclic) bond motifs is 1. The van der Waals surface area contributed by atoms with Crippen LogP contribution >= 0.6 is 35.3 Å². The van der Waals surface area contributed by atoms with E-state index in [1.54, 1.807) is 11.3 Å². The first-order valence-corrected chi connectivity index (χ1v) is 8.93. The predicted molar refractivity (Wildman–Crippen MR) is 106 cm³/mol. The number of carbonyl (C=O) groups is 1. The van der Waals surface area contributed by atoms with Gasteiger partial charge in [-0.2, -0.15) is 0 Å². The van der Waals surface area contributed by atoms with Crippen LogP contribution in [0.4, 0.5) is 0 Å². The van der Waals surface area contributed by atoms with Crippen molar-refractivity contribution < 1.29 is 4.79 Å². The Morgan fingerprint density at radius 1 is 1.52 bits per heavy atom. The zero-order chi connectivity index (χ0) is 15.5. The lowest BCUT2D eigenvalue weighted by molar-refractivity contribution is -0.130. The zero-order valence-electron chi connectivity index (χ0n) is 13.7. The van der Waals surface area contributed by atoms with Crippen molar-refractivity contribution in [1.29, 1.82) is 0 Å². The van der Waals surface area contributed by atoms with Gasteiger partial charge in [-0.3, -0.25) is 4.79 Å². The Labute approximate surface area is 158 Å². The molecule has 0 spiro atoms. The quantitative estimate of drug-likeness (QED) is 0.422. The molecule has 2 atom stereocenters. The van der Waals surface area contributed by atoms with Crippen LogP contribution in [0.2, 0.25) is 0 Å². The van der Waals surface area contributed by atoms with Crippen LogP contribution in [0.1, 0.15) is 30.7 Å². The van der Waals surface area contributed by atoms with Crippen molar-refractivity contribution in [2.24, 2.45) is 10.9 Å². The number of rotatable bonds is 4. The molecule has 0 bridgehead atoms. The highest BCUT2D eigenvalue weighted by molar-refractivity contribution is 14.0. The molecule has 2 aliphatic rings. The van der Waals surface area contributed by atoms with E-state index in [-0.39, 0.29) is 36.4 Å². The van der Waals surface area contributed by atoms with Crippen LogP contribution in [0.5, 0.6) is 0 Å². The number of hydrogen-bond acceptors (Lipinski definition) is 3. The molecule has 1 saturated carbocycles. The Balaban J connectivity index is 0.00000192. The molecule has 0 saturated heterocycles. The summed E-state index contributed by atoms with van der Waals surface area (Å²) in [4.78, 5) is 20.2. The maximum absolute atomic E-state index is 12.4. The predicted octanol–water partition coefficient (Wildman–Crippen LogP) is 2.21. The van der Waals surface area contributed by atoms with Gasteiger partial charge in [0.05, 0.1) is 0 Å². The maximum Gasteiger partial charge on any atom is 0.244 e. The van der Waals surface area contributed by atoms with Crippen LogP contribution in [0.25, 0.3) is 0 Å². The zero-order valence-corrected chi connectivity index (χ0v) is 16.8. The van der Waals surface area contributed by atoms with Gasteiger partial charge in [0.15, 0.2) is 5.96 Å². The number of hydrogen-bond donors (Lipinski definition) is 2. The topological polar surface area (TPSA) is 56.7 Å². The molecule has 23 heavy (non-hydrogen) atoms. The number of nitrogens with one attached hydrogen (secondary N) is 2. The molecule has 2 heterocycles. The molecular weight excluding hydrogens is 423 g/mol. The fraction of sp³-hybridized carbons (Fsp3) is 0.625. The van der Waals surface area contributed by atoms with E-state index in [0.717, 1.165) is 32.0 Å². The SMILES string of the molecule is CCNC(=NCC(=O)N1CCc2sccc2C1)NC1CC1C.I. The molecule has 0 radical (unpaired) electrons. The fourth-order valence-electron chi connectivity index (χ4n) is 2.73. The Hall–Kier alpha value is -0.830. The molecule has 1 aromatic rings. The third kappa shape index (κ3) is 4.82. The number of aliphatic imine (C=N–C) groups is 1. The monoisotopic (exact) mass is 448 g/mol. The van der Waals surface area contributed by atoms with Crippen molar-refractivity contribution >= 4 is 47.2 Å². The molecule has 7 heteroatoms. The smallest absolute Gasteiger partial charge is 0.244 e. The van der Waals surface area contributed by atoms with Crippen molar-refractivity contribution in [3.05, 3.63) is 21.9 Å². The van der Waals surface area contributed by atoms with Gasteiger partial charge in [0.1, 0.15) is 6.54 Å². The lowest BCUT2D eigenvalue weighted by Crippen LogP contribution is -2.41. The van der Waals surface area contributed by atoms with E-state index in [9.17, 15) is 4.79 Å². The molecule has 2 N–H and O–H groups in total. The maximum atomic E-state index is 12.4. The van der Waals surface area contributed by atoms with Crippen LogP contribution < -0.4 is 10.6 Å². The first-order chi connectivity index (χ1) is 10.7. The lowest BCUT2D eigenvalue weighted by Gasteiger charge is -2.26. The first-order valence-electron chi connectivity index (χ1n) is 8.05. The van der Waals surface area contributed by atoms with E-state index < -0.39 is 0 Å². The van der Waals surface area contributed by atoms with Gasteiger partial charge in [0.2, 0.25) is 5.91 Å². The largest absolute Gasteiger partial charge is 0.357 e. The van der Waals surface area contributed by atoms with Gasteiger partial charge in [-0.15, -0.1) is 35.3 Å². The van der Waals surface area contributed by atoms with E-state index in [1.807, 2.05) is 11.8 Å². The van der Waals surface area contributed by atoms with Crippen molar-refractivity contribution in [2.45, 2.75) is 39.3 Å². The molecule has 3 rings (SSSR count). The molecule has 1 aliphatic carbocycles. The molecular formula is C16H25IN4OS. The summed E-state index contributed by atoms with van der Waals surface area (Å²) in [5.41, 5.74) is 1.30. The molecule has 5 nitrogen and oxygen atoms in total. The minimum atomic E-state index is 0. The molecule has 1 aromatic heterocycles. The number of guanidine groups is 1. The normalized spacial score (nSPS) is 22.9. The Kier molecular flexibility index (Phi) is 6.70. The van der Waals surface area contributed by atoms with E-state index in [0.29, 0.717) is 12.0 Å². The number of nitrogens with zero attached hydrogens (tertiary/aromatic N) is 2. The summed E-state index contributed by atoms with van der Waals surface area (Å²) in [5, 5.41) is 8.71. The highest BCUT2D eigenvalue weighted by atomic mass is 127. The van der Waals surface area contributed by atoms with Crippen molar-refractivity contribution in [3.63, 3.8) is 0 Å². The van der Waals surface area contributed by atoms with Crippen LogP contribution in [-0.4, -0.2) is 42.4 Å². The van der Waals surface area contributed by atoms with Crippen LogP contribution in [0.15, 0.2) is 16.4 Å². The van der Waals surface area contributed by atoms with Gasteiger partial charge in [-0.05, 0) is 42.7 Å². The molecule has 1 fully saturated rings. The third-order valence-corrected chi connectivity index (χ3v) is 5.33. The minimum Gasteiger partial charge on any atom is -0.357 e. The van der Waals surface area contributed by atoms with Crippen LogP contribution in [-0.2, 0) is 17.8 Å². The molecule has 1 amide bonds. The van der Waals surface area contributed by atoms with E-state index in [2.05, 4.69) is 34.0 Å². The standard InChI is InChI=1S/C16H24N4OS.HI/c1-3-17-16(19-13-8-11(13)2)18-9-15(21)20-6-4-14-12(10-20)5-7-22-14;/h5,7,11,13H,3-4,6,8-10H2,1-2H3,(H2,17,18,19);1H. The molecule has 128 valence electrons. The van der Waals surface area contributed by atoms with Gasteiger partial charge in [-0.25, -0.2) is 4.99 Å². The second-order valence-corrected chi connectivity index (χ2v) is 7.09. The number of carbonyl (C=O) groups excluding carboxylic acids is 1. The number of halogens is 1. The summed E-state index contributed by atoms with van der Waals surface area (Å²) in [5.74, 6) is 1.58. The van der Waals surface area contributed by atoms with E-state index in [1.165, 1.54) is 16.9 Å². The average molecular weight is 448 g/mol. The number of amides is 1. The second kappa shape index (κ2) is 8.32.